The topological polar surface area (TPSA) is 61.9 Å². The van der Waals surface area contributed by atoms with E-state index in [1.807, 2.05) is 24.8 Å². The number of carbonyl (C=O) groups is 2. The first-order valence-electron chi connectivity index (χ1n) is 11.4. The fraction of sp³-hybridized carbons (Fsp3) is 0.440. The molecule has 4 rings (SSSR count). The Hall–Kier alpha value is -2.55. The molecule has 0 aromatic heterocycles. The number of carbonyl (C=O) groups excluding carboxylic acids is 2. The normalized spacial score (nSPS) is 21.0. The van der Waals surface area contributed by atoms with E-state index in [1.54, 1.807) is 6.07 Å². The molecule has 0 aliphatic carbocycles. The average Bonchev–Trinajstić information content (AvgIpc) is 3.31. The Balaban J connectivity index is 1.44. The minimum atomic E-state index is -0.820. The molecule has 182 valence electrons. The maximum atomic E-state index is 13.5. The Kier molecular flexibility index (Phi) is 7.50. The molecule has 1 N–H and O–H groups in total. The molecule has 6 nitrogen and oxygen atoms in total. The van der Waals surface area contributed by atoms with E-state index < -0.39 is 17.5 Å². The molecule has 34 heavy (non-hydrogen) atoms. The zero-order chi connectivity index (χ0) is 24.4. The summed E-state index contributed by atoms with van der Waals surface area (Å²) in [4.78, 5) is 29.5. The monoisotopic (exact) mass is 491 g/mol. The van der Waals surface area contributed by atoms with E-state index in [4.69, 9.17) is 16.3 Å². The van der Waals surface area contributed by atoms with E-state index in [1.165, 1.54) is 0 Å². The first kappa shape index (κ1) is 24.6. The Morgan fingerprint density at radius 3 is 2.53 bits per heavy atom. The number of halogens is 3. The van der Waals surface area contributed by atoms with Gasteiger partial charge in [-0.1, -0.05) is 11.6 Å². The summed E-state index contributed by atoms with van der Waals surface area (Å²) >= 11 is 6.33. The van der Waals surface area contributed by atoms with Crippen molar-refractivity contribution in [3.63, 3.8) is 0 Å². The molecule has 2 atom stereocenters. The summed E-state index contributed by atoms with van der Waals surface area (Å²) in [7, 11) is 0. The Bertz CT molecular complexity index is 1070. The quantitative estimate of drug-likeness (QED) is 0.674. The van der Waals surface area contributed by atoms with Crippen molar-refractivity contribution in [2.45, 2.75) is 45.4 Å². The number of nitrogens with one attached hydrogen (secondary N) is 1. The molecule has 0 spiro atoms. The third-order valence-corrected chi connectivity index (χ3v) is 6.66. The fourth-order valence-electron chi connectivity index (χ4n) is 4.61. The highest BCUT2D eigenvalue weighted by Gasteiger charge is 2.34. The molecule has 0 bridgehead atoms. The summed E-state index contributed by atoms with van der Waals surface area (Å²) in [6.45, 7) is 7.17. The van der Waals surface area contributed by atoms with Crippen molar-refractivity contribution in [2.24, 2.45) is 0 Å². The molecule has 9 heteroatoms. The maximum Gasteiger partial charge on any atom is 0.255 e. The lowest BCUT2D eigenvalue weighted by Gasteiger charge is -2.41. The lowest BCUT2D eigenvalue weighted by Crippen LogP contribution is -2.55. The van der Waals surface area contributed by atoms with E-state index in [9.17, 15) is 18.4 Å². The molecule has 0 saturated carbocycles. The van der Waals surface area contributed by atoms with Crippen LogP contribution in [0.25, 0.3) is 0 Å². The molecule has 2 unspecified atom stereocenters. The molecule has 2 aromatic carbocycles. The number of piperazine rings is 1. The summed E-state index contributed by atoms with van der Waals surface area (Å²) in [6.07, 6.45) is 1.39. The van der Waals surface area contributed by atoms with Gasteiger partial charge in [0.1, 0.15) is 17.7 Å². The molecular formula is C25H28ClF2N3O3. The number of hydrogen-bond acceptors (Lipinski definition) is 4. The van der Waals surface area contributed by atoms with E-state index in [0.29, 0.717) is 49.6 Å². The van der Waals surface area contributed by atoms with Gasteiger partial charge >= 0.3 is 0 Å². The largest absolute Gasteiger partial charge is 0.368 e. The summed E-state index contributed by atoms with van der Waals surface area (Å²) in [6, 6.07) is 6.20. The number of nitrogens with zero attached hydrogens (tertiary/aromatic N) is 2. The molecular weight excluding hydrogens is 464 g/mol. The molecule has 2 heterocycles. The molecule has 2 amide bonds. The highest BCUT2D eigenvalue weighted by Crippen LogP contribution is 2.28. The van der Waals surface area contributed by atoms with Crippen LogP contribution in [-0.4, -0.2) is 60.0 Å². The van der Waals surface area contributed by atoms with Gasteiger partial charge in [-0.05, 0) is 62.1 Å². The van der Waals surface area contributed by atoms with Gasteiger partial charge in [0.2, 0.25) is 0 Å². The highest BCUT2D eigenvalue weighted by molar-refractivity contribution is 6.31. The van der Waals surface area contributed by atoms with Crippen LogP contribution in [0.4, 0.5) is 14.5 Å². The molecule has 2 fully saturated rings. The van der Waals surface area contributed by atoms with Crippen LogP contribution in [0.1, 0.15) is 41.3 Å². The predicted molar refractivity (Wildman–Crippen MR) is 126 cm³/mol. The van der Waals surface area contributed by atoms with Crippen LogP contribution < -0.4 is 5.32 Å². The highest BCUT2D eigenvalue weighted by atomic mass is 35.5. The van der Waals surface area contributed by atoms with Crippen LogP contribution in [0.15, 0.2) is 30.3 Å². The van der Waals surface area contributed by atoms with Crippen molar-refractivity contribution >= 4 is 29.1 Å². The van der Waals surface area contributed by atoms with Crippen LogP contribution in [0.3, 0.4) is 0 Å². The van der Waals surface area contributed by atoms with Crippen LogP contribution in [0, 0.1) is 18.6 Å². The molecule has 2 saturated heterocycles. The summed E-state index contributed by atoms with van der Waals surface area (Å²) < 4.78 is 32.6. The number of amides is 2. The van der Waals surface area contributed by atoms with E-state index in [2.05, 4.69) is 10.2 Å². The molecule has 2 aliphatic rings. The first-order valence-corrected chi connectivity index (χ1v) is 11.8. The zero-order valence-electron chi connectivity index (χ0n) is 19.2. The second kappa shape index (κ2) is 10.4. The Morgan fingerprint density at radius 1 is 1.15 bits per heavy atom. The predicted octanol–water partition coefficient (Wildman–Crippen LogP) is 4.39. The Labute approximate surface area is 202 Å². The maximum absolute atomic E-state index is 13.5. The number of rotatable bonds is 5. The van der Waals surface area contributed by atoms with Gasteiger partial charge in [-0.25, -0.2) is 8.78 Å². The average molecular weight is 492 g/mol. The van der Waals surface area contributed by atoms with Crippen molar-refractivity contribution < 1.29 is 23.1 Å². The van der Waals surface area contributed by atoms with Crippen LogP contribution in [0.5, 0.6) is 0 Å². The van der Waals surface area contributed by atoms with Crippen molar-refractivity contribution in [1.82, 2.24) is 9.80 Å². The van der Waals surface area contributed by atoms with Gasteiger partial charge in [0, 0.05) is 61.2 Å². The molecule has 2 aliphatic heterocycles. The van der Waals surface area contributed by atoms with Crippen molar-refractivity contribution in [1.29, 1.82) is 0 Å². The van der Waals surface area contributed by atoms with Crippen molar-refractivity contribution in [2.75, 3.05) is 31.6 Å². The number of ether oxygens (including phenoxy) is 1. The number of benzene rings is 2. The summed E-state index contributed by atoms with van der Waals surface area (Å²) in [5, 5.41) is 3.17. The van der Waals surface area contributed by atoms with Gasteiger partial charge in [-0.3, -0.25) is 14.5 Å². The third kappa shape index (κ3) is 5.56. The lowest BCUT2D eigenvalue weighted by molar-refractivity contribution is -0.145. The second-order valence-electron chi connectivity index (χ2n) is 8.97. The van der Waals surface area contributed by atoms with Crippen molar-refractivity contribution in [3.8, 4) is 0 Å². The Morgan fingerprint density at radius 2 is 1.88 bits per heavy atom. The van der Waals surface area contributed by atoms with Gasteiger partial charge in [0.05, 0.1) is 0 Å². The van der Waals surface area contributed by atoms with Gasteiger partial charge in [-0.15, -0.1) is 0 Å². The second-order valence-corrected chi connectivity index (χ2v) is 9.40. The summed E-state index contributed by atoms with van der Waals surface area (Å²) in [5.41, 5.74) is 2.12. The van der Waals surface area contributed by atoms with Crippen LogP contribution in [0.2, 0.25) is 5.02 Å². The SMILES string of the molecule is Cc1c(CN2CCN(C(=O)C3CCCO3)C(C)C2)cc(Cl)cc1NC(=O)c1cc(F)cc(F)c1. The number of anilines is 1. The van der Waals surface area contributed by atoms with Crippen LogP contribution in [-0.2, 0) is 16.1 Å². The zero-order valence-corrected chi connectivity index (χ0v) is 20.0. The lowest BCUT2D eigenvalue weighted by atomic mass is 10.0. The fourth-order valence-corrected chi connectivity index (χ4v) is 4.85. The minimum Gasteiger partial charge on any atom is -0.368 e. The van der Waals surface area contributed by atoms with E-state index in [-0.39, 0.29) is 23.6 Å². The van der Waals surface area contributed by atoms with Crippen LogP contribution >= 0.6 is 11.6 Å². The minimum absolute atomic E-state index is 0.0481. The van der Waals surface area contributed by atoms with E-state index in [0.717, 1.165) is 36.1 Å². The number of hydrogen-bond donors (Lipinski definition) is 1. The summed E-state index contributed by atoms with van der Waals surface area (Å²) in [5.74, 6) is -2.19. The standard InChI is InChI=1S/C25H28ClF2N3O3/c1-15-13-30(5-6-31(15)25(33)23-4-3-7-34-23)14-18-8-19(26)11-22(16(18)2)29-24(32)17-9-20(27)12-21(28)10-17/h8-12,15,23H,3-7,13-14H2,1-2H3,(H,29,32). The van der Waals surface area contributed by atoms with Gasteiger partial charge < -0.3 is 15.0 Å². The molecule has 2 aromatic rings. The van der Waals surface area contributed by atoms with Crippen molar-refractivity contribution in [3.05, 3.63) is 63.7 Å². The van der Waals surface area contributed by atoms with E-state index >= 15 is 0 Å². The third-order valence-electron chi connectivity index (χ3n) is 6.45. The van der Waals surface area contributed by atoms with Gasteiger partial charge in [0.15, 0.2) is 0 Å². The van der Waals surface area contributed by atoms with Gasteiger partial charge in [0.25, 0.3) is 11.8 Å². The first-order chi connectivity index (χ1) is 16.2. The smallest absolute Gasteiger partial charge is 0.255 e. The molecule has 0 radical (unpaired) electrons. The van der Waals surface area contributed by atoms with Gasteiger partial charge in [-0.2, -0.15) is 0 Å².